The first kappa shape index (κ1) is 32.6. The third-order valence-corrected chi connectivity index (χ3v) is 11.2. The molecule has 3 N–H and O–H groups in total. The number of nitrogens with zero attached hydrogens (tertiary/aromatic N) is 3. The van der Waals surface area contributed by atoms with Gasteiger partial charge >= 0.3 is 12.1 Å². The zero-order chi connectivity index (χ0) is 33.0. The standard InChI is InChI=1S/C37H50N6O5/c1-25-22-26(23-32-34(25)39-15-21-47-32)24-33(35(44)41-16-8-28(9-17-41)27-6-13-38-14-7-27)48-37(46)42-18-11-30(12-19-42)43-20-10-29-4-2-3-5-31(29)40-36(43)45/h2-5,22-23,27-28,30,33,38-39H,6-21,24H2,1H3,(H,40,45)/t33-/m1/s1. The van der Waals surface area contributed by atoms with Crippen LogP contribution < -0.4 is 20.7 Å². The van der Waals surface area contributed by atoms with Gasteiger partial charge in [0.15, 0.2) is 6.10 Å². The van der Waals surface area contributed by atoms with Crippen molar-refractivity contribution in [3.8, 4) is 5.75 Å². The lowest BCUT2D eigenvalue weighted by atomic mass is 9.79. The zero-order valence-corrected chi connectivity index (χ0v) is 28.2. The summed E-state index contributed by atoms with van der Waals surface area (Å²) >= 11 is 0. The predicted octanol–water partition coefficient (Wildman–Crippen LogP) is 4.64. The highest BCUT2D eigenvalue weighted by molar-refractivity contribution is 5.91. The quantitative estimate of drug-likeness (QED) is 0.415. The Morgan fingerprint density at radius 2 is 1.65 bits per heavy atom. The SMILES string of the molecule is Cc1cc(C[C@@H](OC(=O)N2CCC(N3CCc4ccccc4NC3=O)CC2)C(=O)N2CCC(C3CCNCC3)CC2)cc2c1NCCO2. The first-order valence-corrected chi connectivity index (χ1v) is 18.0. The molecule has 1 atom stereocenters. The lowest BCUT2D eigenvalue weighted by Crippen LogP contribution is -2.52. The number of hydrogen-bond acceptors (Lipinski definition) is 7. The fraction of sp³-hybridized carbons (Fsp3) is 0.595. The Kier molecular flexibility index (Phi) is 9.93. The van der Waals surface area contributed by atoms with Gasteiger partial charge in [-0.1, -0.05) is 24.3 Å². The molecule has 258 valence electrons. The fourth-order valence-corrected chi connectivity index (χ4v) is 8.42. The average Bonchev–Trinajstić information content (AvgIpc) is 3.29. The Hall–Kier alpha value is -3.99. The van der Waals surface area contributed by atoms with Crippen LogP contribution in [0.2, 0.25) is 0 Å². The summed E-state index contributed by atoms with van der Waals surface area (Å²) in [5, 5.41) is 9.93. The van der Waals surface area contributed by atoms with Crippen LogP contribution in [-0.4, -0.2) is 104 Å². The molecule has 11 nitrogen and oxygen atoms in total. The Bertz CT molecular complexity index is 1480. The maximum atomic E-state index is 14.1. The van der Waals surface area contributed by atoms with Crippen molar-refractivity contribution in [1.29, 1.82) is 0 Å². The molecule has 0 radical (unpaired) electrons. The lowest BCUT2D eigenvalue weighted by molar-refractivity contribution is -0.142. The molecule has 3 fully saturated rings. The summed E-state index contributed by atoms with van der Waals surface area (Å²) in [6, 6.07) is 11.9. The number of carbonyl (C=O) groups is 3. The molecule has 3 saturated heterocycles. The summed E-state index contributed by atoms with van der Waals surface area (Å²) in [5.74, 6) is 2.03. The maximum absolute atomic E-state index is 14.1. The molecule has 0 aromatic heterocycles. The summed E-state index contributed by atoms with van der Waals surface area (Å²) in [7, 11) is 0. The van der Waals surface area contributed by atoms with Crippen LogP contribution >= 0.6 is 0 Å². The number of piperidine rings is 3. The number of carbonyl (C=O) groups excluding carboxylic acids is 3. The summed E-state index contributed by atoms with van der Waals surface area (Å²) in [4.78, 5) is 46.5. The Morgan fingerprint density at radius 1 is 0.917 bits per heavy atom. The molecule has 11 heteroatoms. The van der Waals surface area contributed by atoms with E-state index in [2.05, 4.69) is 28.1 Å². The number of hydrogen-bond donors (Lipinski definition) is 3. The molecule has 2 aromatic rings. The number of amides is 4. The van der Waals surface area contributed by atoms with Crippen LogP contribution in [0.5, 0.6) is 5.75 Å². The van der Waals surface area contributed by atoms with E-state index in [9.17, 15) is 14.4 Å². The van der Waals surface area contributed by atoms with Crippen LogP contribution in [0.1, 0.15) is 55.2 Å². The normalized spacial score (nSPS) is 21.6. The van der Waals surface area contributed by atoms with Gasteiger partial charge in [-0.2, -0.15) is 0 Å². The lowest BCUT2D eigenvalue weighted by Gasteiger charge is -2.39. The number of urea groups is 1. The molecule has 7 rings (SSSR count). The molecular formula is C37H50N6O5. The van der Waals surface area contributed by atoms with Crippen LogP contribution in [0, 0.1) is 18.8 Å². The van der Waals surface area contributed by atoms with Crippen LogP contribution in [0.25, 0.3) is 0 Å². The van der Waals surface area contributed by atoms with E-state index in [1.165, 1.54) is 12.8 Å². The van der Waals surface area contributed by atoms with E-state index in [1.807, 2.05) is 41.0 Å². The van der Waals surface area contributed by atoms with E-state index < -0.39 is 12.2 Å². The first-order chi connectivity index (χ1) is 23.4. The molecule has 5 heterocycles. The van der Waals surface area contributed by atoms with Gasteiger partial charge in [0.2, 0.25) is 0 Å². The minimum Gasteiger partial charge on any atom is -0.490 e. The number of anilines is 2. The van der Waals surface area contributed by atoms with Crippen molar-refractivity contribution in [2.45, 2.75) is 70.4 Å². The van der Waals surface area contributed by atoms with E-state index in [0.717, 1.165) is 78.6 Å². The number of nitrogens with one attached hydrogen (secondary N) is 3. The molecule has 48 heavy (non-hydrogen) atoms. The minimum atomic E-state index is -0.922. The van der Waals surface area contributed by atoms with Gasteiger partial charge in [-0.25, -0.2) is 9.59 Å². The number of ether oxygens (including phenoxy) is 2. The number of rotatable bonds is 6. The number of likely N-dealkylation sites (tertiary alicyclic amines) is 2. The van der Waals surface area contributed by atoms with Gasteiger partial charge < -0.3 is 40.1 Å². The van der Waals surface area contributed by atoms with Gasteiger partial charge in [-0.3, -0.25) is 4.79 Å². The van der Waals surface area contributed by atoms with Gasteiger partial charge in [0.05, 0.1) is 5.69 Å². The molecule has 0 unspecified atom stereocenters. The van der Waals surface area contributed by atoms with Crippen LogP contribution in [0.4, 0.5) is 21.0 Å². The smallest absolute Gasteiger partial charge is 0.410 e. The molecule has 4 amide bonds. The van der Waals surface area contributed by atoms with Gasteiger partial charge in [0, 0.05) is 57.4 Å². The van der Waals surface area contributed by atoms with E-state index >= 15 is 0 Å². The zero-order valence-electron chi connectivity index (χ0n) is 28.2. The highest BCUT2D eigenvalue weighted by Gasteiger charge is 2.37. The predicted molar refractivity (Wildman–Crippen MR) is 185 cm³/mol. The minimum absolute atomic E-state index is 0.0362. The second-order valence-electron chi connectivity index (χ2n) is 14.1. The van der Waals surface area contributed by atoms with E-state index in [1.54, 1.807) is 4.90 Å². The Labute approximate surface area is 283 Å². The van der Waals surface area contributed by atoms with Crippen molar-refractivity contribution in [2.75, 3.05) is 69.6 Å². The summed E-state index contributed by atoms with van der Waals surface area (Å²) in [6.45, 7) is 8.52. The monoisotopic (exact) mass is 658 g/mol. The molecule has 5 aliphatic rings. The van der Waals surface area contributed by atoms with E-state index in [-0.39, 0.29) is 18.0 Å². The van der Waals surface area contributed by atoms with Gasteiger partial charge in [-0.15, -0.1) is 0 Å². The average molecular weight is 659 g/mol. The van der Waals surface area contributed by atoms with Gasteiger partial charge in [-0.05, 0) is 106 Å². The van der Waals surface area contributed by atoms with Crippen molar-refractivity contribution in [2.24, 2.45) is 11.8 Å². The highest BCUT2D eigenvalue weighted by atomic mass is 16.6. The highest BCUT2D eigenvalue weighted by Crippen LogP contribution is 2.34. The second-order valence-corrected chi connectivity index (χ2v) is 14.1. The largest absolute Gasteiger partial charge is 0.490 e. The topological polar surface area (TPSA) is 115 Å². The molecule has 5 aliphatic heterocycles. The van der Waals surface area contributed by atoms with E-state index in [4.69, 9.17) is 9.47 Å². The third-order valence-electron chi connectivity index (χ3n) is 11.2. The van der Waals surface area contributed by atoms with Gasteiger partial charge in [0.25, 0.3) is 5.91 Å². The van der Waals surface area contributed by atoms with Crippen LogP contribution in [0.3, 0.4) is 0 Å². The van der Waals surface area contributed by atoms with E-state index in [0.29, 0.717) is 64.5 Å². The maximum Gasteiger partial charge on any atom is 0.410 e. The second kappa shape index (κ2) is 14.6. The number of aryl methyl sites for hydroxylation is 1. The Balaban J connectivity index is 1.00. The van der Waals surface area contributed by atoms with Crippen molar-refractivity contribution < 1.29 is 23.9 Å². The molecule has 2 aromatic carbocycles. The molecule has 0 aliphatic carbocycles. The number of para-hydroxylation sites is 1. The van der Waals surface area contributed by atoms with Crippen LogP contribution in [0.15, 0.2) is 36.4 Å². The summed E-state index contributed by atoms with van der Waals surface area (Å²) < 4.78 is 12.1. The molecule has 0 bridgehead atoms. The molecule has 0 spiro atoms. The molecule has 0 saturated carbocycles. The van der Waals surface area contributed by atoms with Crippen molar-refractivity contribution >= 4 is 29.4 Å². The summed E-state index contributed by atoms with van der Waals surface area (Å²) in [6.07, 6.45) is 5.44. The fourth-order valence-electron chi connectivity index (χ4n) is 8.42. The summed E-state index contributed by atoms with van der Waals surface area (Å²) in [5.41, 5.74) is 4.95. The molecular weight excluding hydrogens is 608 g/mol. The van der Waals surface area contributed by atoms with Crippen molar-refractivity contribution in [3.63, 3.8) is 0 Å². The third kappa shape index (κ3) is 7.21. The van der Waals surface area contributed by atoms with Crippen molar-refractivity contribution in [3.05, 3.63) is 53.1 Å². The Morgan fingerprint density at radius 3 is 2.44 bits per heavy atom. The van der Waals surface area contributed by atoms with Crippen LogP contribution in [-0.2, 0) is 22.4 Å². The number of benzene rings is 2. The first-order valence-electron chi connectivity index (χ1n) is 18.0. The van der Waals surface area contributed by atoms with Gasteiger partial charge in [0.1, 0.15) is 12.4 Å². The van der Waals surface area contributed by atoms with Crippen molar-refractivity contribution in [1.82, 2.24) is 20.0 Å². The number of fused-ring (bicyclic) bond motifs is 2.